The second-order valence-electron chi connectivity index (χ2n) is 5.62. The molecule has 1 rings (SSSR count). The molecule has 0 bridgehead atoms. The summed E-state index contributed by atoms with van der Waals surface area (Å²) in [5, 5.41) is 3.12. The molecule has 0 spiro atoms. The number of nitrogens with one attached hydrogen (secondary N) is 1. The predicted molar refractivity (Wildman–Crippen MR) is 104 cm³/mol. The van der Waals surface area contributed by atoms with Gasteiger partial charge in [-0.3, -0.25) is 4.99 Å². The molecule has 2 unspecified atom stereocenters. The van der Waals surface area contributed by atoms with Gasteiger partial charge >= 0.3 is 0 Å². The van der Waals surface area contributed by atoms with Crippen LogP contribution < -0.4 is 11.1 Å². The minimum Gasteiger partial charge on any atom is -0.383 e. The summed E-state index contributed by atoms with van der Waals surface area (Å²) in [7, 11) is 5.78. The summed E-state index contributed by atoms with van der Waals surface area (Å²) in [5.74, 6) is 0.457. The maximum atomic E-state index is 5.92. The quantitative estimate of drug-likeness (QED) is 0.403. The van der Waals surface area contributed by atoms with E-state index in [0.717, 1.165) is 0 Å². The molecule has 0 saturated carbocycles. The molecule has 0 fully saturated rings. The van der Waals surface area contributed by atoms with Crippen molar-refractivity contribution < 1.29 is 4.74 Å². The van der Waals surface area contributed by atoms with Crippen LogP contribution in [0.3, 0.4) is 0 Å². The molecule has 2 atom stereocenters. The smallest absolute Gasteiger partial charge is 0.188 e. The highest BCUT2D eigenvalue weighted by Crippen LogP contribution is 2.18. The molecule has 0 aliphatic rings. The van der Waals surface area contributed by atoms with Crippen molar-refractivity contribution in [1.29, 1.82) is 0 Å². The van der Waals surface area contributed by atoms with Crippen LogP contribution in [0.15, 0.2) is 29.3 Å². The Hall–Kier alpha value is -0.860. The number of methoxy groups -OCH3 is 1. The van der Waals surface area contributed by atoms with Crippen LogP contribution in [0, 0.1) is 6.92 Å². The van der Waals surface area contributed by atoms with E-state index >= 15 is 0 Å². The van der Waals surface area contributed by atoms with E-state index in [1.54, 1.807) is 7.11 Å². The van der Waals surface area contributed by atoms with Gasteiger partial charge in [0.2, 0.25) is 0 Å². The maximum absolute atomic E-state index is 5.92. The van der Waals surface area contributed by atoms with E-state index in [-0.39, 0.29) is 36.1 Å². The Morgan fingerprint density at radius 1 is 1.32 bits per heavy atom. The van der Waals surface area contributed by atoms with Crippen molar-refractivity contribution in [2.24, 2.45) is 10.7 Å². The van der Waals surface area contributed by atoms with Gasteiger partial charge in [-0.25, -0.2) is 0 Å². The van der Waals surface area contributed by atoms with Crippen LogP contribution in [0.1, 0.15) is 24.1 Å². The molecule has 0 aliphatic carbocycles. The molecule has 1 aromatic carbocycles. The highest BCUT2D eigenvalue weighted by molar-refractivity contribution is 14.0. The van der Waals surface area contributed by atoms with Crippen molar-refractivity contribution in [1.82, 2.24) is 10.2 Å². The van der Waals surface area contributed by atoms with Crippen LogP contribution in [-0.4, -0.2) is 51.3 Å². The number of ether oxygens (including phenoxy) is 1. The van der Waals surface area contributed by atoms with Crippen molar-refractivity contribution in [3.05, 3.63) is 35.4 Å². The van der Waals surface area contributed by atoms with Crippen molar-refractivity contribution in [2.45, 2.75) is 25.9 Å². The standard InChI is InChI=1S/C16H28N4O.HI/c1-12-6-8-14(9-7-12)15(20(3)4)10-18-16(17)19-13(2)11-21-5;/h6-9,13,15H,10-11H2,1-5H3,(H3,17,18,19);1H. The molecule has 0 heterocycles. The Kier molecular flexibility index (Phi) is 10.4. The van der Waals surface area contributed by atoms with Crippen molar-refractivity contribution in [3.8, 4) is 0 Å². The second-order valence-corrected chi connectivity index (χ2v) is 5.62. The molecule has 1 aromatic rings. The van der Waals surface area contributed by atoms with Gasteiger partial charge in [0, 0.05) is 13.2 Å². The Bertz CT molecular complexity index is 448. The third-order valence-corrected chi connectivity index (χ3v) is 3.33. The summed E-state index contributed by atoms with van der Waals surface area (Å²) in [5.41, 5.74) is 8.42. The first kappa shape index (κ1) is 21.1. The summed E-state index contributed by atoms with van der Waals surface area (Å²) in [6, 6.07) is 8.90. The van der Waals surface area contributed by atoms with Crippen molar-refractivity contribution in [2.75, 3.05) is 34.4 Å². The largest absolute Gasteiger partial charge is 0.383 e. The third kappa shape index (κ3) is 7.42. The molecule has 3 N–H and O–H groups in total. The van der Waals surface area contributed by atoms with Crippen LogP contribution in [-0.2, 0) is 4.74 Å². The topological polar surface area (TPSA) is 62.9 Å². The molecule has 126 valence electrons. The lowest BCUT2D eigenvalue weighted by Gasteiger charge is -2.23. The van der Waals surface area contributed by atoms with Gasteiger partial charge in [0.25, 0.3) is 0 Å². The fourth-order valence-electron chi connectivity index (χ4n) is 2.13. The SMILES string of the molecule is COCC(C)NC(N)=NCC(c1ccc(C)cc1)N(C)C.I. The van der Waals surface area contributed by atoms with Gasteiger partial charge in [0.05, 0.1) is 19.2 Å². The van der Waals surface area contributed by atoms with Crippen LogP contribution >= 0.6 is 24.0 Å². The Morgan fingerprint density at radius 2 is 1.91 bits per heavy atom. The number of aliphatic imine (C=N–C) groups is 1. The Morgan fingerprint density at radius 3 is 2.41 bits per heavy atom. The number of guanidine groups is 1. The summed E-state index contributed by atoms with van der Waals surface area (Å²) < 4.78 is 5.07. The molecule has 0 saturated heterocycles. The second kappa shape index (κ2) is 10.8. The average Bonchev–Trinajstić information content (AvgIpc) is 2.40. The fourth-order valence-corrected chi connectivity index (χ4v) is 2.13. The number of likely N-dealkylation sites (N-methyl/N-ethyl adjacent to an activating group) is 1. The lowest BCUT2D eigenvalue weighted by atomic mass is 10.0. The van der Waals surface area contributed by atoms with E-state index < -0.39 is 0 Å². The lowest BCUT2D eigenvalue weighted by Crippen LogP contribution is -2.41. The zero-order chi connectivity index (χ0) is 15.8. The number of aryl methyl sites for hydroxylation is 1. The molecule has 5 nitrogen and oxygen atoms in total. The van der Waals surface area contributed by atoms with Gasteiger partial charge in [-0.1, -0.05) is 29.8 Å². The molecule has 0 radical (unpaired) electrons. The first-order valence-corrected chi connectivity index (χ1v) is 7.22. The Labute approximate surface area is 151 Å². The van der Waals surface area contributed by atoms with E-state index in [1.165, 1.54) is 11.1 Å². The minimum atomic E-state index is 0. The first-order valence-electron chi connectivity index (χ1n) is 7.22. The number of rotatable bonds is 7. The zero-order valence-corrected chi connectivity index (χ0v) is 16.5. The van der Waals surface area contributed by atoms with E-state index in [0.29, 0.717) is 19.1 Å². The molecule has 0 aliphatic heterocycles. The molecular formula is C16H29IN4O. The van der Waals surface area contributed by atoms with Gasteiger partial charge in [-0.05, 0) is 33.5 Å². The number of nitrogens with two attached hydrogens (primary N) is 1. The number of halogens is 1. The van der Waals surface area contributed by atoms with Gasteiger partial charge in [-0.2, -0.15) is 0 Å². The lowest BCUT2D eigenvalue weighted by molar-refractivity contribution is 0.179. The summed E-state index contributed by atoms with van der Waals surface area (Å²) in [4.78, 5) is 6.61. The molecule has 22 heavy (non-hydrogen) atoms. The normalized spacial score (nSPS) is 14.4. The van der Waals surface area contributed by atoms with Gasteiger partial charge in [-0.15, -0.1) is 24.0 Å². The highest BCUT2D eigenvalue weighted by atomic mass is 127. The van der Waals surface area contributed by atoms with E-state index in [2.05, 4.69) is 60.5 Å². The number of hydrogen-bond acceptors (Lipinski definition) is 3. The number of nitrogens with zero attached hydrogens (tertiary/aromatic N) is 2. The maximum Gasteiger partial charge on any atom is 0.188 e. The summed E-state index contributed by atoms with van der Waals surface area (Å²) in [6.07, 6.45) is 0. The Balaban J connectivity index is 0.00000441. The molecule has 0 aromatic heterocycles. The third-order valence-electron chi connectivity index (χ3n) is 3.33. The zero-order valence-electron chi connectivity index (χ0n) is 14.2. The number of hydrogen-bond donors (Lipinski definition) is 2. The average molecular weight is 420 g/mol. The van der Waals surface area contributed by atoms with Crippen LogP contribution in [0.5, 0.6) is 0 Å². The number of benzene rings is 1. The van der Waals surface area contributed by atoms with Crippen LogP contribution in [0.4, 0.5) is 0 Å². The van der Waals surface area contributed by atoms with Gasteiger partial charge in [0.15, 0.2) is 5.96 Å². The summed E-state index contributed by atoms with van der Waals surface area (Å²) in [6.45, 7) is 5.32. The van der Waals surface area contributed by atoms with Crippen LogP contribution in [0.2, 0.25) is 0 Å². The van der Waals surface area contributed by atoms with Gasteiger partial charge < -0.3 is 20.7 Å². The van der Waals surface area contributed by atoms with Gasteiger partial charge in [0.1, 0.15) is 0 Å². The monoisotopic (exact) mass is 420 g/mol. The fraction of sp³-hybridized carbons (Fsp3) is 0.562. The van der Waals surface area contributed by atoms with E-state index in [9.17, 15) is 0 Å². The minimum absolute atomic E-state index is 0. The summed E-state index contributed by atoms with van der Waals surface area (Å²) >= 11 is 0. The first-order chi connectivity index (χ1) is 9.93. The molecule has 0 amide bonds. The van der Waals surface area contributed by atoms with E-state index in [1.807, 2.05) is 6.92 Å². The van der Waals surface area contributed by atoms with Crippen LogP contribution in [0.25, 0.3) is 0 Å². The van der Waals surface area contributed by atoms with Crippen molar-refractivity contribution >= 4 is 29.9 Å². The molecular weight excluding hydrogens is 391 g/mol. The highest BCUT2D eigenvalue weighted by Gasteiger charge is 2.13. The van der Waals surface area contributed by atoms with Crippen molar-refractivity contribution in [3.63, 3.8) is 0 Å². The van der Waals surface area contributed by atoms with E-state index in [4.69, 9.17) is 10.5 Å². The predicted octanol–water partition coefficient (Wildman–Crippen LogP) is 2.15. The molecule has 6 heteroatoms.